The number of hydrogen-bond donors (Lipinski definition) is 0. The van der Waals surface area contributed by atoms with Crippen LogP contribution in [-0.4, -0.2) is 37.8 Å². The molecule has 0 aliphatic carbocycles. The summed E-state index contributed by atoms with van der Waals surface area (Å²) in [5.41, 5.74) is 3.28. The second-order valence-corrected chi connectivity index (χ2v) is 6.86. The molecule has 0 bridgehead atoms. The van der Waals surface area contributed by atoms with Crippen molar-refractivity contribution in [2.24, 2.45) is 7.05 Å². The lowest BCUT2D eigenvalue weighted by Crippen LogP contribution is -2.15. The van der Waals surface area contributed by atoms with Crippen molar-refractivity contribution in [1.29, 1.82) is 0 Å². The van der Waals surface area contributed by atoms with Crippen LogP contribution in [0.4, 0.5) is 0 Å². The van der Waals surface area contributed by atoms with Crippen LogP contribution in [0.5, 0.6) is 5.75 Å². The number of aromatic nitrogens is 1. The summed E-state index contributed by atoms with van der Waals surface area (Å²) in [7, 11) is 6.06. The first-order chi connectivity index (χ1) is 14.5. The number of rotatable bonds is 4. The molecule has 0 aliphatic rings. The number of methoxy groups -OCH3 is 3. The van der Waals surface area contributed by atoms with Crippen LogP contribution >= 0.6 is 0 Å². The molecule has 30 heavy (non-hydrogen) atoms. The van der Waals surface area contributed by atoms with Crippen molar-refractivity contribution in [2.45, 2.75) is 0 Å². The third-order valence-electron chi connectivity index (χ3n) is 5.37. The van der Waals surface area contributed by atoms with E-state index in [0.717, 1.165) is 21.9 Å². The summed E-state index contributed by atoms with van der Waals surface area (Å²) in [6.07, 6.45) is 0. The summed E-state index contributed by atoms with van der Waals surface area (Å²) in [5.74, 6) is -0.507. The number of esters is 2. The smallest absolute Gasteiger partial charge is 0.340 e. The Morgan fingerprint density at radius 2 is 1.43 bits per heavy atom. The van der Waals surface area contributed by atoms with Gasteiger partial charge in [-0.2, -0.15) is 0 Å². The van der Waals surface area contributed by atoms with E-state index in [4.69, 9.17) is 14.2 Å². The first-order valence-corrected chi connectivity index (χ1v) is 9.37. The fourth-order valence-corrected chi connectivity index (χ4v) is 3.95. The van der Waals surface area contributed by atoms with Crippen LogP contribution in [0.2, 0.25) is 0 Å². The molecule has 6 heteroatoms. The van der Waals surface area contributed by atoms with Crippen LogP contribution in [0.25, 0.3) is 32.9 Å². The van der Waals surface area contributed by atoms with E-state index < -0.39 is 11.9 Å². The average molecular weight is 403 g/mol. The number of carbonyl (C=O) groups excluding carboxylic acids is 2. The standard InChI is InChI=1S/C24H21NO5/c1-25-19-8-6-5-7-16(19)18-13-17(14-9-11-15(28-2)12-10-14)20(23(26)29-3)21(22(18)25)24(27)30-4/h5-13H,1-4H3. The summed E-state index contributed by atoms with van der Waals surface area (Å²) in [6, 6.07) is 17.1. The van der Waals surface area contributed by atoms with E-state index in [-0.39, 0.29) is 11.1 Å². The molecule has 4 aromatic rings. The zero-order chi connectivity index (χ0) is 21.4. The molecule has 0 N–H and O–H groups in total. The molecule has 0 amide bonds. The van der Waals surface area contributed by atoms with Gasteiger partial charge in [-0.05, 0) is 35.4 Å². The van der Waals surface area contributed by atoms with Gasteiger partial charge in [0, 0.05) is 23.3 Å². The molecule has 0 radical (unpaired) electrons. The zero-order valence-corrected chi connectivity index (χ0v) is 17.2. The van der Waals surface area contributed by atoms with Crippen molar-refractivity contribution in [1.82, 2.24) is 4.57 Å². The molecule has 0 saturated heterocycles. The summed E-state index contributed by atoms with van der Waals surface area (Å²) >= 11 is 0. The van der Waals surface area contributed by atoms with Gasteiger partial charge >= 0.3 is 11.9 Å². The van der Waals surface area contributed by atoms with Crippen LogP contribution in [0.1, 0.15) is 20.7 Å². The average Bonchev–Trinajstić information content (AvgIpc) is 3.09. The van der Waals surface area contributed by atoms with E-state index >= 15 is 0 Å². The van der Waals surface area contributed by atoms with Crippen molar-refractivity contribution in [2.75, 3.05) is 21.3 Å². The van der Waals surface area contributed by atoms with Gasteiger partial charge in [-0.25, -0.2) is 9.59 Å². The SMILES string of the molecule is COC(=O)c1c(-c2ccc(OC)cc2)cc2c3ccccc3n(C)c2c1C(=O)OC. The van der Waals surface area contributed by atoms with Crippen molar-refractivity contribution in [3.05, 3.63) is 65.7 Å². The lowest BCUT2D eigenvalue weighted by Gasteiger charge is -2.15. The van der Waals surface area contributed by atoms with E-state index in [2.05, 4.69) is 0 Å². The van der Waals surface area contributed by atoms with Crippen molar-refractivity contribution >= 4 is 33.7 Å². The molecular weight excluding hydrogens is 382 g/mol. The number of ether oxygens (including phenoxy) is 3. The van der Waals surface area contributed by atoms with Crippen LogP contribution in [0.3, 0.4) is 0 Å². The first-order valence-electron chi connectivity index (χ1n) is 9.37. The molecule has 0 unspecified atom stereocenters. The van der Waals surface area contributed by atoms with E-state index in [1.54, 1.807) is 7.11 Å². The number of aryl methyl sites for hydroxylation is 1. The summed E-state index contributed by atoms with van der Waals surface area (Å²) < 4.78 is 17.3. The topological polar surface area (TPSA) is 66.8 Å². The molecule has 152 valence electrons. The molecule has 6 nitrogen and oxygen atoms in total. The van der Waals surface area contributed by atoms with Gasteiger partial charge in [0.2, 0.25) is 0 Å². The van der Waals surface area contributed by atoms with Gasteiger partial charge in [0.1, 0.15) is 5.75 Å². The van der Waals surface area contributed by atoms with Gasteiger partial charge in [-0.15, -0.1) is 0 Å². The van der Waals surface area contributed by atoms with Gasteiger partial charge < -0.3 is 18.8 Å². The van der Waals surface area contributed by atoms with Crippen molar-refractivity contribution in [3.63, 3.8) is 0 Å². The molecule has 0 spiro atoms. The van der Waals surface area contributed by atoms with Crippen molar-refractivity contribution < 1.29 is 23.8 Å². The number of para-hydroxylation sites is 1. The first kappa shape index (κ1) is 19.5. The number of hydrogen-bond acceptors (Lipinski definition) is 5. The number of benzene rings is 3. The van der Waals surface area contributed by atoms with E-state index in [9.17, 15) is 9.59 Å². The predicted octanol–water partition coefficient (Wildman–Crippen LogP) is 4.58. The quantitative estimate of drug-likeness (QED) is 0.467. The van der Waals surface area contributed by atoms with Gasteiger partial charge in [0.05, 0.1) is 38.0 Å². The van der Waals surface area contributed by atoms with Gasteiger partial charge in [-0.1, -0.05) is 30.3 Å². The largest absolute Gasteiger partial charge is 0.497 e. The van der Waals surface area contributed by atoms with E-state index in [1.165, 1.54) is 14.2 Å². The van der Waals surface area contributed by atoms with Gasteiger partial charge in [0.15, 0.2) is 0 Å². The fourth-order valence-electron chi connectivity index (χ4n) is 3.95. The van der Waals surface area contributed by atoms with E-state index in [0.29, 0.717) is 16.8 Å². The number of nitrogens with zero attached hydrogens (tertiary/aromatic N) is 1. The predicted molar refractivity (Wildman–Crippen MR) is 115 cm³/mol. The minimum atomic E-state index is -0.603. The maximum atomic E-state index is 12.9. The second-order valence-electron chi connectivity index (χ2n) is 6.86. The Hall–Kier alpha value is -3.80. The number of fused-ring (bicyclic) bond motifs is 3. The maximum absolute atomic E-state index is 12.9. The highest BCUT2D eigenvalue weighted by atomic mass is 16.5. The second kappa shape index (κ2) is 7.55. The lowest BCUT2D eigenvalue weighted by atomic mass is 9.92. The van der Waals surface area contributed by atoms with Gasteiger partial charge in [0.25, 0.3) is 0 Å². The monoisotopic (exact) mass is 403 g/mol. The molecule has 3 aromatic carbocycles. The molecule has 0 saturated carbocycles. The Morgan fingerprint density at radius 3 is 2.07 bits per heavy atom. The Labute approximate surface area is 173 Å². The highest BCUT2D eigenvalue weighted by Gasteiger charge is 2.29. The lowest BCUT2D eigenvalue weighted by molar-refractivity contribution is 0.0557. The Bertz CT molecular complexity index is 1280. The summed E-state index contributed by atoms with van der Waals surface area (Å²) in [4.78, 5) is 25.8. The number of carbonyl (C=O) groups is 2. The van der Waals surface area contributed by atoms with Crippen LogP contribution in [0, 0.1) is 0 Å². The molecule has 1 aromatic heterocycles. The molecule has 0 atom stereocenters. The highest BCUT2D eigenvalue weighted by molar-refractivity contribution is 6.21. The molecule has 4 rings (SSSR count). The Morgan fingerprint density at radius 1 is 0.800 bits per heavy atom. The summed E-state index contributed by atoms with van der Waals surface area (Å²) in [6.45, 7) is 0. The zero-order valence-electron chi connectivity index (χ0n) is 17.2. The third kappa shape index (κ3) is 2.88. The molecule has 0 aliphatic heterocycles. The Kier molecular flexibility index (Phi) is 4.91. The minimum Gasteiger partial charge on any atom is -0.497 e. The van der Waals surface area contributed by atoms with Gasteiger partial charge in [-0.3, -0.25) is 0 Å². The molecule has 0 fully saturated rings. The minimum absolute atomic E-state index is 0.174. The summed E-state index contributed by atoms with van der Waals surface area (Å²) in [5, 5.41) is 1.83. The van der Waals surface area contributed by atoms with Crippen LogP contribution in [0.15, 0.2) is 54.6 Å². The normalized spacial score (nSPS) is 10.9. The van der Waals surface area contributed by atoms with E-state index in [1.807, 2.05) is 66.2 Å². The fraction of sp³-hybridized carbons (Fsp3) is 0.167. The van der Waals surface area contributed by atoms with Crippen LogP contribution in [-0.2, 0) is 16.5 Å². The maximum Gasteiger partial charge on any atom is 0.340 e. The van der Waals surface area contributed by atoms with Crippen LogP contribution < -0.4 is 4.74 Å². The van der Waals surface area contributed by atoms with Crippen molar-refractivity contribution in [3.8, 4) is 16.9 Å². The highest BCUT2D eigenvalue weighted by Crippen LogP contribution is 2.39. The Balaban J connectivity index is 2.20. The molecule has 1 heterocycles. The third-order valence-corrected chi connectivity index (χ3v) is 5.37. The molecular formula is C24H21NO5.